The summed E-state index contributed by atoms with van der Waals surface area (Å²) in [7, 11) is 0. The molecule has 2 N–H and O–H groups in total. The Morgan fingerprint density at radius 3 is 2.90 bits per heavy atom. The van der Waals surface area contributed by atoms with Crippen LogP contribution in [0.5, 0.6) is 0 Å². The molecular formula is C13H16N2O5. The van der Waals surface area contributed by atoms with Gasteiger partial charge in [0.15, 0.2) is 0 Å². The lowest BCUT2D eigenvalue weighted by Gasteiger charge is -2.16. The Bertz CT molecular complexity index is 531. The van der Waals surface area contributed by atoms with E-state index in [9.17, 15) is 14.9 Å². The second-order valence-corrected chi connectivity index (χ2v) is 4.80. The molecule has 1 fully saturated rings. The van der Waals surface area contributed by atoms with E-state index < -0.39 is 10.9 Å². The van der Waals surface area contributed by atoms with Crippen molar-refractivity contribution in [3.05, 3.63) is 33.9 Å². The van der Waals surface area contributed by atoms with Gasteiger partial charge in [-0.25, -0.2) is 4.79 Å². The minimum atomic E-state index is -1.11. The van der Waals surface area contributed by atoms with Crippen LogP contribution in [0.15, 0.2) is 18.2 Å². The fourth-order valence-corrected chi connectivity index (χ4v) is 2.26. The fourth-order valence-electron chi connectivity index (χ4n) is 2.26. The lowest BCUT2D eigenvalue weighted by molar-refractivity contribution is -0.384. The number of anilines is 1. The third-order valence-electron chi connectivity index (χ3n) is 3.53. The van der Waals surface area contributed by atoms with Crippen molar-refractivity contribution in [2.75, 3.05) is 18.5 Å². The number of nitro benzene ring substituents is 1. The minimum absolute atomic E-state index is 0.0298. The second kappa shape index (κ2) is 5.87. The molecule has 1 aliphatic rings. The van der Waals surface area contributed by atoms with Crippen molar-refractivity contribution < 1.29 is 19.6 Å². The maximum absolute atomic E-state index is 11.1. The molecule has 0 radical (unpaired) electrons. The zero-order valence-corrected chi connectivity index (χ0v) is 11.0. The van der Waals surface area contributed by atoms with Gasteiger partial charge in [0.1, 0.15) is 0 Å². The van der Waals surface area contributed by atoms with Gasteiger partial charge in [-0.1, -0.05) is 0 Å². The van der Waals surface area contributed by atoms with Crippen molar-refractivity contribution in [3.8, 4) is 0 Å². The fraction of sp³-hybridized carbons (Fsp3) is 0.462. The lowest BCUT2D eigenvalue weighted by Crippen LogP contribution is -2.21. The van der Waals surface area contributed by atoms with E-state index in [2.05, 4.69) is 5.32 Å². The number of rotatable bonds is 5. The number of nitrogens with zero attached hydrogens (tertiary/aromatic N) is 1. The van der Waals surface area contributed by atoms with Crippen LogP contribution in [0, 0.1) is 16.0 Å². The number of carboxylic acids is 1. The van der Waals surface area contributed by atoms with Crippen molar-refractivity contribution in [2.45, 2.75) is 19.4 Å². The first-order valence-electron chi connectivity index (χ1n) is 6.36. The number of carboxylic acid groups (broad SMARTS) is 1. The highest BCUT2D eigenvalue weighted by Crippen LogP contribution is 2.25. The SMILES string of the molecule is CC1OCCC1CNc1cc([N+](=O)[O-])ccc1C(=O)O. The molecule has 1 aliphatic heterocycles. The van der Waals surface area contributed by atoms with Crippen molar-refractivity contribution in [1.29, 1.82) is 0 Å². The molecule has 0 spiro atoms. The van der Waals surface area contributed by atoms with E-state index in [0.29, 0.717) is 13.2 Å². The van der Waals surface area contributed by atoms with E-state index in [0.717, 1.165) is 6.42 Å². The zero-order chi connectivity index (χ0) is 14.7. The van der Waals surface area contributed by atoms with Gasteiger partial charge < -0.3 is 15.2 Å². The minimum Gasteiger partial charge on any atom is -0.478 e. The number of ether oxygens (including phenoxy) is 1. The Kier molecular flexibility index (Phi) is 4.19. The highest BCUT2D eigenvalue weighted by Gasteiger charge is 2.24. The Hall–Kier alpha value is -2.15. The number of nitrogens with one attached hydrogen (secondary N) is 1. The summed E-state index contributed by atoms with van der Waals surface area (Å²) in [6, 6.07) is 3.69. The quantitative estimate of drug-likeness (QED) is 0.632. The molecule has 2 unspecified atom stereocenters. The molecule has 1 saturated heterocycles. The number of non-ortho nitro benzene ring substituents is 1. The molecule has 0 saturated carbocycles. The van der Waals surface area contributed by atoms with Crippen LogP contribution in [0.1, 0.15) is 23.7 Å². The molecule has 0 aliphatic carbocycles. The topological polar surface area (TPSA) is 102 Å². The predicted molar refractivity (Wildman–Crippen MR) is 72.1 cm³/mol. The van der Waals surface area contributed by atoms with E-state index >= 15 is 0 Å². The van der Waals surface area contributed by atoms with Crippen molar-refractivity contribution in [1.82, 2.24) is 0 Å². The molecule has 7 nitrogen and oxygen atoms in total. The molecule has 108 valence electrons. The third kappa shape index (κ3) is 3.05. The van der Waals surface area contributed by atoms with E-state index in [1.54, 1.807) is 0 Å². The van der Waals surface area contributed by atoms with Gasteiger partial charge in [0, 0.05) is 31.2 Å². The average molecular weight is 280 g/mol. The molecular weight excluding hydrogens is 264 g/mol. The molecule has 7 heteroatoms. The van der Waals surface area contributed by atoms with Gasteiger partial charge in [-0.05, 0) is 19.4 Å². The number of hydrogen-bond acceptors (Lipinski definition) is 5. The number of benzene rings is 1. The summed E-state index contributed by atoms with van der Waals surface area (Å²) in [5.74, 6) is -0.839. The van der Waals surface area contributed by atoms with Crippen LogP contribution in [-0.2, 0) is 4.74 Å². The first-order chi connectivity index (χ1) is 9.49. The molecule has 1 aromatic rings. The van der Waals surface area contributed by atoms with Gasteiger partial charge in [0.2, 0.25) is 0 Å². The second-order valence-electron chi connectivity index (χ2n) is 4.80. The highest BCUT2D eigenvalue weighted by molar-refractivity contribution is 5.94. The summed E-state index contributed by atoms with van der Waals surface area (Å²) in [5, 5.41) is 22.9. The molecule has 1 aromatic carbocycles. The van der Waals surface area contributed by atoms with Gasteiger partial charge >= 0.3 is 5.97 Å². The smallest absolute Gasteiger partial charge is 0.337 e. The first kappa shape index (κ1) is 14.3. The highest BCUT2D eigenvalue weighted by atomic mass is 16.6. The lowest BCUT2D eigenvalue weighted by atomic mass is 10.0. The summed E-state index contributed by atoms with van der Waals surface area (Å²) in [4.78, 5) is 21.3. The van der Waals surface area contributed by atoms with Crippen LogP contribution < -0.4 is 5.32 Å². The van der Waals surface area contributed by atoms with Crippen molar-refractivity contribution in [3.63, 3.8) is 0 Å². The third-order valence-corrected chi connectivity index (χ3v) is 3.53. The Morgan fingerprint density at radius 2 is 2.35 bits per heavy atom. The molecule has 0 bridgehead atoms. The predicted octanol–water partition coefficient (Wildman–Crippen LogP) is 2.13. The van der Waals surface area contributed by atoms with E-state index in [1.165, 1.54) is 18.2 Å². The van der Waals surface area contributed by atoms with Crippen LogP contribution in [-0.4, -0.2) is 35.3 Å². The first-order valence-corrected chi connectivity index (χ1v) is 6.36. The Morgan fingerprint density at radius 1 is 1.60 bits per heavy atom. The maximum Gasteiger partial charge on any atom is 0.337 e. The molecule has 1 heterocycles. The maximum atomic E-state index is 11.1. The molecule has 20 heavy (non-hydrogen) atoms. The van der Waals surface area contributed by atoms with Crippen LogP contribution >= 0.6 is 0 Å². The van der Waals surface area contributed by atoms with Gasteiger partial charge in [-0.2, -0.15) is 0 Å². The van der Waals surface area contributed by atoms with Crippen molar-refractivity contribution >= 4 is 17.3 Å². The molecule has 0 amide bonds. The number of carbonyl (C=O) groups is 1. The van der Waals surface area contributed by atoms with Gasteiger partial charge in [-0.3, -0.25) is 10.1 Å². The van der Waals surface area contributed by atoms with E-state index in [4.69, 9.17) is 9.84 Å². The van der Waals surface area contributed by atoms with Crippen LogP contribution in [0.2, 0.25) is 0 Å². The van der Waals surface area contributed by atoms with Crippen LogP contribution in [0.3, 0.4) is 0 Å². The van der Waals surface area contributed by atoms with Crippen LogP contribution in [0.4, 0.5) is 11.4 Å². The molecule has 2 rings (SSSR count). The van der Waals surface area contributed by atoms with E-state index in [1.807, 2.05) is 6.92 Å². The number of nitro groups is 1. The summed E-state index contributed by atoms with van der Waals surface area (Å²) in [6.45, 7) is 3.18. The van der Waals surface area contributed by atoms with Crippen molar-refractivity contribution in [2.24, 2.45) is 5.92 Å². The Balaban J connectivity index is 2.17. The summed E-state index contributed by atoms with van der Waals surface area (Å²) < 4.78 is 5.43. The van der Waals surface area contributed by atoms with Gasteiger partial charge in [-0.15, -0.1) is 0 Å². The zero-order valence-electron chi connectivity index (χ0n) is 11.0. The summed E-state index contributed by atoms with van der Waals surface area (Å²) >= 11 is 0. The monoisotopic (exact) mass is 280 g/mol. The van der Waals surface area contributed by atoms with E-state index in [-0.39, 0.29) is 29.0 Å². The largest absolute Gasteiger partial charge is 0.478 e. The number of hydrogen-bond donors (Lipinski definition) is 2. The summed E-state index contributed by atoms with van der Waals surface area (Å²) in [5.41, 5.74) is 0.168. The molecule has 0 aromatic heterocycles. The van der Waals surface area contributed by atoms with Gasteiger partial charge in [0.05, 0.1) is 22.3 Å². The molecule has 2 atom stereocenters. The standard InChI is InChI=1S/C13H16N2O5/c1-8-9(4-5-20-8)7-14-12-6-10(15(18)19)2-3-11(12)13(16)17/h2-3,6,8-9,14H,4-5,7H2,1H3,(H,16,17). The van der Waals surface area contributed by atoms with Gasteiger partial charge in [0.25, 0.3) is 5.69 Å². The summed E-state index contributed by atoms with van der Waals surface area (Å²) in [6.07, 6.45) is 1.00. The Labute approximate surface area is 115 Å². The average Bonchev–Trinajstić information content (AvgIpc) is 2.81. The normalized spacial score (nSPS) is 21.6. The number of aromatic carboxylic acids is 1. The van der Waals surface area contributed by atoms with Crippen LogP contribution in [0.25, 0.3) is 0 Å².